The van der Waals surface area contributed by atoms with Crippen molar-refractivity contribution in [1.29, 1.82) is 0 Å². The first-order valence-electron chi connectivity index (χ1n) is 9.84. The van der Waals surface area contributed by atoms with Crippen LogP contribution in [0.5, 0.6) is 0 Å². The second-order valence-corrected chi connectivity index (χ2v) is 7.66. The summed E-state index contributed by atoms with van der Waals surface area (Å²) in [5, 5.41) is 11.3. The Morgan fingerprint density at radius 3 is 2.46 bits per heavy atom. The SMILES string of the molecule is CN=C(NCc1ccc(-n2nc(C)cc2C)nc1)NC(C)CCCC(C)C.I. The van der Waals surface area contributed by atoms with Crippen LogP contribution in [0.1, 0.15) is 57.0 Å². The van der Waals surface area contributed by atoms with Crippen LogP contribution in [0.25, 0.3) is 5.82 Å². The molecular formula is C21H35IN6. The first-order chi connectivity index (χ1) is 12.9. The van der Waals surface area contributed by atoms with Gasteiger partial charge in [0.1, 0.15) is 0 Å². The van der Waals surface area contributed by atoms with Gasteiger partial charge in [-0.25, -0.2) is 9.67 Å². The van der Waals surface area contributed by atoms with Crippen LogP contribution in [-0.2, 0) is 6.54 Å². The van der Waals surface area contributed by atoms with E-state index in [0.717, 1.165) is 41.1 Å². The number of nitrogens with one attached hydrogen (secondary N) is 2. The van der Waals surface area contributed by atoms with Crippen LogP contribution >= 0.6 is 24.0 Å². The Kier molecular flexibility index (Phi) is 10.5. The minimum atomic E-state index is 0. The Morgan fingerprint density at radius 2 is 1.93 bits per heavy atom. The number of hydrogen-bond acceptors (Lipinski definition) is 3. The highest BCUT2D eigenvalue weighted by Gasteiger charge is 2.07. The molecular weight excluding hydrogens is 463 g/mol. The van der Waals surface area contributed by atoms with Crippen LogP contribution in [0.15, 0.2) is 29.4 Å². The van der Waals surface area contributed by atoms with Crippen molar-refractivity contribution in [2.24, 2.45) is 10.9 Å². The molecule has 0 amide bonds. The first-order valence-corrected chi connectivity index (χ1v) is 9.84. The minimum absolute atomic E-state index is 0. The van der Waals surface area contributed by atoms with E-state index in [1.165, 1.54) is 12.8 Å². The third kappa shape index (κ3) is 7.77. The Labute approximate surface area is 186 Å². The Bertz CT molecular complexity index is 736. The van der Waals surface area contributed by atoms with Crippen molar-refractivity contribution < 1.29 is 0 Å². The molecule has 2 aromatic heterocycles. The largest absolute Gasteiger partial charge is 0.354 e. The summed E-state index contributed by atoms with van der Waals surface area (Å²) >= 11 is 0. The van der Waals surface area contributed by atoms with Crippen molar-refractivity contribution >= 4 is 29.9 Å². The lowest BCUT2D eigenvalue weighted by Crippen LogP contribution is -2.41. The lowest BCUT2D eigenvalue weighted by atomic mass is 10.0. The molecule has 1 atom stereocenters. The molecule has 0 aromatic carbocycles. The Morgan fingerprint density at radius 1 is 1.18 bits per heavy atom. The van der Waals surface area contributed by atoms with E-state index in [1.54, 1.807) is 7.05 Å². The molecule has 0 aliphatic rings. The quantitative estimate of drug-likeness (QED) is 0.322. The average Bonchev–Trinajstić information content (AvgIpc) is 2.97. The number of pyridine rings is 1. The molecule has 2 rings (SSSR count). The highest BCUT2D eigenvalue weighted by Crippen LogP contribution is 2.10. The van der Waals surface area contributed by atoms with Gasteiger partial charge >= 0.3 is 0 Å². The molecule has 0 spiro atoms. The summed E-state index contributed by atoms with van der Waals surface area (Å²) in [7, 11) is 1.81. The summed E-state index contributed by atoms with van der Waals surface area (Å²) in [5.74, 6) is 2.43. The summed E-state index contributed by atoms with van der Waals surface area (Å²) in [4.78, 5) is 8.87. The van der Waals surface area contributed by atoms with Gasteiger partial charge in [-0.1, -0.05) is 32.8 Å². The van der Waals surface area contributed by atoms with Crippen LogP contribution in [-0.4, -0.2) is 33.8 Å². The molecule has 28 heavy (non-hydrogen) atoms. The zero-order valence-corrected chi connectivity index (χ0v) is 20.3. The van der Waals surface area contributed by atoms with Gasteiger partial charge in [-0.3, -0.25) is 4.99 Å². The van der Waals surface area contributed by atoms with Crippen molar-refractivity contribution in [2.45, 2.75) is 66.5 Å². The molecule has 0 saturated heterocycles. The number of guanidine groups is 1. The predicted octanol–water partition coefficient (Wildman–Crippen LogP) is 4.38. The van der Waals surface area contributed by atoms with Crippen molar-refractivity contribution in [3.05, 3.63) is 41.3 Å². The summed E-state index contributed by atoms with van der Waals surface area (Å²) in [6, 6.07) is 6.53. The van der Waals surface area contributed by atoms with E-state index in [9.17, 15) is 0 Å². The predicted molar refractivity (Wildman–Crippen MR) is 128 cm³/mol. The van der Waals surface area contributed by atoms with E-state index in [-0.39, 0.29) is 24.0 Å². The second-order valence-electron chi connectivity index (χ2n) is 7.66. The summed E-state index contributed by atoms with van der Waals surface area (Å²) in [6.45, 7) is 11.5. The number of rotatable bonds is 8. The zero-order valence-electron chi connectivity index (χ0n) is 18.0. The molecule has 0 fully saturated rings. The lowest BCUT2D eigenvalue weighted by Gasteiger charge is -2.18. The number of halogens is 1. The molecule has 0 radical (unpaired) electrons. The van der Waals surface area contributed by atoms with E-state index >= 15 is 0 Å². The summed E-state index contributed by atoms with van der Waals surface area (Å²) in [6.07, 6.45) is 5.54. The molecule has 1 unspecified atom stereocenters. The number of aromatic nitrogens is 3. The number of aryl methyl sites for hydroxylation is 2. The maximum absolute atomic E-state index is 4.54. The maximum Gasteiger partial charge on any atom is 0.191 e. The van der Waals surface area contributed by atoms with Crippen LogP contribution in [0.4, 0.5) is 0 Å². The maximum atomic E-state index is 4.54. The van der Waals surface area contributed by atoms with Gasteiger partial charge in [0.15, 0.2) is 11.8 Å². The fraction of sp³-hybridized carbons (Fsp3) is 0.571. The van der Waals surface area contributed by atoms with Crippen molar-refractivity contribution in [3.63, 3.8) is 0 Å². The molecule has 0 bridgehead atoms. The summed E-state index contributed by atoms with van der Waals surface area (Å²) in [5.41, 5.74) is 3.19. The van der Waals surface area contributed by atoms with Gasteiger partial charge < -0.3 is 10.6 Å². The Hall–Kier alpha value is -1.64. The molecule has 0 aliphatic heterocycles. The van der Waals surface area contributed by atoms with Gasteiger partial charge in [0.2, 0.25) is 0 Å². The van der Waals surface area contributed by atoms with Crippen molar-refractivity contribution in [2.75, 3.05) is 7.05 Å². The van der Waals surface area contributed by atoms with E-state index in [0.29, 0.717) is 12.6 Å². The monoisotopic (exact) mass is 498 g/mol. The van der Waals surface area contributed by atoms with Crippen LogP contribution in [0.2, 0.25) is 0 Å². The Balaban J connectivity index is 0.00000392. The van der Waals surface area contributed by atoms with E-state index in [2.05, 4.69) is 58.6 Å². The van der Waals surface area contributed by atoms with Gasteiger partial charge in [-0.05, 0) is 50.8 Å². The van der Waals surface area contributed by atoms with E-state index < -0.39 is 0 Å². The lowest BCUT2D eigenvalue weighted by molar-refractivity contribution is 0.491. The van der Waals surface area contributed by atoms with Gasteiger partial charge in [0, 0.05) is 31.5 Å². The zero-order chi connectivity index (χ0) is 19.8. The van der Waals surface area contributed by atoms with Gasteiger partial charge in [0.25, 0.3) is 0 Å². The third-order valence-corrected chi connectivity index (χ3v) is 4.52. The molecule has 7 heteroatoms. The summed E-state index contributed by atoms with van der Waals surface area (Å²) < 4.78 is 1.87. The average molecular weight is 498 g/mol. The molecule has 0 saturated carbocycles. The highest BCUT2D eigenvalue weighted by atomic mass is 127. The van der Waals surface area contributed by atoms with E-state index in [4.69, 9.17) is 0 Å². The first kappa shape index (κ1) is 24.4. The molecule has 2 N–H and O–H groups in total. The topological polar surface area (TPSA) is 67.1 Å². The normalized spacial score (nSPS) is 12.6. The third-order valence-electron chi connectivity index (χ3n) is 4.52. The van der Waals surface area contributed by atoms with Crippen LogP contribution in [0.3, 0.4) is 0 Å². The highest BCUT2D eigenvalue weighted by molar-refractivity contribution is 14.0. The molecule has 6 nitrogen and oxygen atoms in total. The smallest absolute Gasteiger partial charge is 0.191 e. The number of aliphatic imine (C=N–C) groups is 1. The molecule has 156 valence electrons. The molecule has 0 aliphatic carbocycles. The minimum Gasteiger partial charge on any atom is -0.354 e. The van der Waals surface area contributed by atoms with Gasteiger partial charge in [-0.15, -0.1) is 24.0 Å². The van der Waals surface area contributed by atoms with Crippen LogP contribution < -0.4 is 10.6 Å². The van der Waals surface area contributed by atoms with Crippen LogP contribution in [0, 0.1) is 19.8 Å². The fourth-order valence-corrected chi connectivity index (χ4v) is 3.03. The fourth-order valence-electron chi connectivity index (χ4n) is 3.03. The number of hydrogen-bond donors (Lipinski definition) is 2. The van der Waals surface area contributed by atoms with Gasteiger partial charge in [0.05, 0.1) is 5.69 Å². The van der Waals surface area contributed by atoms with Crippen molar-refractivity contribution in [1.82, 2.24) is 25.4 Å². The number of nitrogens with zero attached hydrogens (tertiary/aromatic N) is 4. The second kappa shape index (κ2) is 12.0. The molecule has 2 heterocycles. The molecule has 2 aromatic rings. The van der Waals surface area contributed by atoms with E-state index in [1.807, 2.05) is 30.8 Å². The van der Waals surface area contributed by atoms with Gasteiger partial charge in [-0.2, -0.15) is 5.10 Å². The van der Waals surface area contributed by atoms with Crippen molar-refractivity contribution in [3.8, 4) is 5.82 Å². The standard InChI is InChI=1S/C21H34N6.HI/c1-15(2)8-7-9-16(3)25-21(22-6)24-14-19-10-11-20(23-13-19)27-18(5)12-17(4)26-27;/h10-13,15-16H,7-9,14H2,1-6H3,(H2,22,24,25);1H.